The molecule has 0 aromatic heterocycles. The van der Waals surface area contributed by atoms with E-state index in [0.29, 0.717) is 6.42 Å². The SMILES string of the molecule is CCCC/C=C\CCCCCCCC(=O)O[C@H](COC(=O)[C@@H](N)CS[C@H](/C=C/C=C/C=C\C/C=C\CCCCC)[C@@H](O)CCCC(=O)O)COP(=O)(O)OCCN. The van der Waals surface area contributed by atoms with Gasteiger partial charge in [-0.15, -0.1) is 11.8 Å². The van der Waals surface area contributed by atoms with Crippen LogP contribution in [0.3, 0.4) is 0 Å². The van der Waals surface area contributed by atoms with Crippen molar-refractivity contribution in [2.45, 2.75) is 153 Å². The molecule has 15 heteroatoms. The van der Waals surface area contributed by atoms with Crippen molar-refractivity contribution in [1.82, 2.24) is 0 Å². The van der Waals surface area contributed by atoms with Gasteiger partial charge in [-0.1, -0.05) is 120 Å². The van der Waals surface area contributed by atoms with Gasteiger partial charge in [0.25, 0.3) is 0 Å². The number of thioether (sulfide) groups is 1. The molecule has 0 radical (unpaired) electrons. The maximum Gasteiger partial charge on any atom is 0.472 e. The zero-order valence-corrected chi connectivity index (χ0v) is 36.2. The fraction of sp³-hybridized carbons (Fsp3) is 0.690. The number of nitrogens with two attached hydrogens (primary N) is 2. The molecule has 0 aromatic carbocycles. The standard InChI is InChI=1S/C42H73N2O11PS/c1-3-5-7-9-11-13-15-17-18-20-22-24-28-39(38(45)27-26-29-40(46)47)57-35-37(44)42(49)52-33-36(34-54-56(50,51)53-32-31-43)55-41(48)30-25-23-21-19-16-14-12-10-8-6-4-2/h10-13,17-18,20,22,24,28,36-39,45H,3-9,14-16,19,21,23,25-27,29-35,43-44H2,1-2H3,(H,46,47)(H,50,51)/b12-10-,13-11-,18-17-,22-20+,28-24+/t36-,37+,38+,39-/m1/s1. The van der Waals surface area contributed by atoms with Crippen LogP contribution in [0.1, 0.15) is 129 Å². The number of allylic oxidation sites excluding steroid dienone is 9. The molecule has 0 amide bonds. The number of hydrogen-bond donors (Lipinski definition) is 5. The minimum absolute atomic E-state index is 0.0169. The number of hydrogen-bond acceptors (Lipinski definition) is 12. The van der Waals surface area contributed by atoms with E-state index in [2.05, 4.69) is 38.2 Å². The number of unbranched alkanes of at least 4 members (excludes halogenated alkanes) is 10. The fourth-order valence-corrected chi connectivity index (χ4v) is 7.00. The molecule has 57 heavy (non-hydrogen) atoms. The molecule has 5 atom stereocenters. The third kappa shape index (κ3) is 35.1. The van der Waals surface area contributed by atoms with Crippen LogP contribution in [0.2, 0.25) is 0 Å². The monoisotopic (exact) mass is 844 g/mol. The van der Waals surface area contributed by atoms with E-state index < -0.39 is 62.4 Å². The van der Waals surface area contributed by atoms with E-state index in [1.807, 2.05) is 24.3 Å². The molecule has 0 bridgehead atoms. The first-order chi connectivity index (χ1) is 27.4. The predicted octanol–water partition coefficient (Wildman–Crippen LogP) is 8.25. The highest BCUT2D eigenvalue weighted by Crippen LogP contribution is 2.43. The van der Waals surface area contributed by atoms with E-state index in [9.17, 15) is 28.9 Å². The second-order valence-corrected chi connectivity index (χ2v) is 16.4. The maximum atomic E-state index is 12.9. The zero-order chi connectivity index (χ0) is 42.4. The Morgan fingerprint density at radius 3 is 2.12 bits per heavy atom. The summed E-state index contributed by atoms with van der Waals surface area (Å²) >= 11 is 1.21. The van der Waals surface area contributed by atoms with E-state index in [-0.39, 0.29) is 44.6 Å². The third-order valence-electron chi connectivity index (χ3n) is 8.37. The normalized spacial score (nSPS) is 15.5. The predicted molar refractivity (Wildman–Crippen MR) is 230 cm³/mol. The zero-order valence-electron chi connectivity index (χ0n) is 34.5. The van der Waals surface area contributed by atoms with Crippen molar-refractivity contribution in [2.24, 2.45) is 11.5 Å². The molecule has 13 nitrogen and oxygen atoms in total. The van der Waals surface area contributed by atoms with E-state index in [4.69, 9.17) is 35.1 Å². The Hall–Kier alpha value is -2.55. The first-order valence-electron chi connectivity index (χ1n) is 20.7. The molecule has 0 spiro atoms. The van der Waals surface area contributed by atoms with E-state index in [1.54, 1.807) is 12.2 Å². The van der Waals surface area contributed by atoms with Crippen molar-refractivity contribution in [3.8, 4) is 0 Å². The second kappa shape index (κ2) is 37.7. The van der Waals surface area contributed by atoms with Gasteiger partial charge < -0.3 is 36.0 Å². The lowest BCUT2D eigenvalue weighted by Crippen LogP contribution is -2.38. The van der Waals surface area contributed by atoms with Crippen molar-refractivity contribution in [3.63, 3.8) is 0 Å². The lowest BCUT2D eigenvalue weighted by molar-refractivity contribution is -0.161. The number of rotatable bonds is 38. The summed E-state index contributed by atoms with van der Waals surface area (Å²) in [5, 5.41) is 19.4. The number of aliphatic hydroxyl groups is 1. The number of esters is 2. The summed E-state index contributed by atoms with van der Waals surface area (Å²) in [6, 6.07) is -1.13. The molecule has 328 valence electrons. The van der Waals surface area contributed by atoms with Gasteiger partial charge in [0, 0.05) is 30.4 Å². The Kier molecular flexibility index (Phi) is 36.0. The van der Waals surface area contributed by atoms with Gasteiger partial charge in [-0.2, -0.15) is 0 Å². The van der Waals surface area contributed by atoms with Crippen LogP contribution in [0.15, 0.2) is 60.8 Å². The minimum atomic E-state index is -4.51. The Bertz CT molecular complexity index is 1240. The lowest BCUT2D eigenvalue weighted by atomic mass is 10.1. The molecule has 7 N–H and O–H groups in total. The van der Waals surface area contributed by atoms with Crippen molar-refractivity contribution < 1.29 is 52.6 Å². The Balaban J connectivity index is 5.19. The molecule has 0 aliphatic rings. The van der Waals surface area contributed by atoms with Crippen molar-refractivity contribution in [1.29, 1.82) is 0 Å². The Morgan fingerprint density at radius 1 is 0.772 bits per heavy atom. The largest absolute Gasteiger partial charge is 0.481 e. The van der Waals surface area contributed by atoms with Gasteiger partial charge in [-0.3, -0.25) is 23.4 Å². The van der Waals surface area contributed by atoms with E-state index >= 15 is 0 Å². The topological polar surface area (TPSA) is 218 Å². The average molecular weight is 845 g/mol. The summed E-state index contributed by atoms with van der Waals surface area (Å²) in [7, 11) is -4.51. The molecule has 1 unspecified atom stereocenters. The highest BCUT2D eigenvalue weighted by atomic mass is 32.2. The highest BCUT2D eigenvalue weighted by molar-refractivity contribution is 8.00. The number of aliphatic carboxylic acids is 1. The number of carbonyl (C=O) groups excluding carboxylic acids is 2. The number of ether oxygens (including phenoxy) is 2. The van der Waals surface area contributed by atoms with Crippen LogP contribution >= 0.6 is 19.6 Å². The Labute approximate surface area is 346 Å². The van der Waals surface area contributed by atoms with Crippen LogP contribution in [0.5, 0.6) is 0 Å². The van der Waals surface area contributed by atoms with Gasteiger partial charge in [0.1, 0.15) is 12.6 Å². The van der Waals surface area contributed by atoms with Crippen molar-refractivity contribution in [2.75, 3.05) is 32.1 Å². The number of phosphoric ester groups is 1. The van der Waals surface area contributed by atoms with Gasteiger partial charge in [0.2, 0.25) is 0 Å². The van der Waals surface area contributed by atoms with Crippen LogP contribution in [-0.4, -0.2) is 88.6 Å². The molecule has 0 aliphatic heterocycles. The molecule has 0 saturated heterocycles. The quantitative estimate of drug-likeness (QED) is 0.0130. The minimum Gasteiger partial charge on any atom is -0.481 e. The molecule has 0 aliphatic carbocycles. The van der Waals surface area contributed by atoms with Gasteiger partial charge in [-0.25, -0.2) is 4.57 Å². The molecular formula is C42H73N2O11PS. The van der Waals surface area contributed by atoms with Crippen LogP contribution in [0.4, 0.5) is 0 Å². The molecule has 0 saturated carbocycles. The van der Waals surface area contributed by atoms with Crippen LogP contribution < -0.4 is 11.5 Å². The van der Waals surface area contributed by atoms with Gasteiger partial charge >= 0.3 is 25.7 Å². The van der Waals surface area contributed by atoms with E-state index in [0.717, 1.165) is 51.4 Å². The van der Waals surface area contributed by atoms with Gasteiger partial charge in [0.15, 0.2) is 6.10 Å². The van der Waals surface area contributed by atoms with E-state index in [1.165, 1.54) is 43.9 Å². The smallest absolute Gasteiger partial charge is 0.472 e. The third-order valence-corrected chi connectivity index (χ3v) is 10.8. The van der Waals surface area contributed by atoms with Gasteiger partial charge in [-0.05, 0) is 57.8 Å². The molecular weight excluding hydrogens is 772 g/mol. The molecule has 0 rings (SSSR count). The Morgan fingerprint density at radius 2 is 1.42 bits per heavy atom. The number of carboxylic acid groups (broad SMARTS) is 1. The fourth-order valence-electron chi connectivity index (χ4n) is 5.11. The summed E-state index contributed by atoms with van der Waals surface area (Å²) in [6.45, 7) is 3.04. The molecule has 0 aromatic rings. The van der Waals surface area contributed by atoms with Gasteiger partial charge in [0.05, 0.1) is 19.3 Å². The average Bonchev–Trinajstić information content (AvgIpc) is 3.18. The molecule has 0 heterocycles. The lowest BCUT2D eigenvalue weighted by Gasteiger charge is -2.22. The van der Waals surface area contributed by atoms with Crippen molar-refractivity contribution >= 4 is 37.5 Å². The number of carbonyl (C=O) groups is 3. The summed E-state index contributed by atoms with van der Waals surface area (Å²) in [4.78, 5) is 46.5. The number of carboxylic acids is 1. The number of aliphatic hydroxyl groups excluding tert-OH is 1. The first kappa shape index (κ1) is 54.5. The molecule has 0 fully saturated rings. The van der Waals surface area contributed by atoms with Crippen LogP contribution in [-0.2, 0) is 37.5 Å². The summed E-state index contributed by atoms with van der Waals surface area (Å²) in [5.41, 5.74) is 11.5. The maximum absolute atomic E-state index is 12.9. The summed E-state index contributed by atoms with van der Waals surface area (Å²) in [5.74, 6) is -2.29. The van der Waals surface area contributed by atoms with Crippen LogP contribution in [0, 0.1) is 0 Å². The van der Waals surface area contributed by atoms with Crippen molar-refractivity contribution in [3.05, 3.63) is 60.8 Å². The van der Waals surface area contributed by atoms with Crippen LogP contribution in [0.25, 0.3) is 0 Å². The number of phosphoric acid groups is 1. The summed E-state index contributed by atoms with van der Waals surface area (Å²) < 4.78 is 32.8. The second-order valence-electron chi connectivity index (χ2n) is 13.7. The summed E-state index contributed by atoms with van der Waals surface area (Å²) in [6.07, 6.45) is 33.0. The highest BCUT2D eigenvalue weighted by Gasteiger charge is 2.27. The first-order valence-corrected chi connectivity index (χ1v) is 23.2.